The fourth-order valence-corrected chi connectivity index (χ4v) is 2.12. The lowest BCUT2D eigenvalue weighted by Gasteiger charge is -2.22. The maximum Gasteiger partial charge on any atom is 0.201 e. The molecule has 22 heavy (non-hydrogen) atoms. The maximum atomic E-state index is 5.82. The molecular weight excluding hydrogens is 272 g/mol. The molecule has 2 nitrogen and oxygen atoms in total. The van der Waals surface area contributed by atoms with Gasteiger partial charge in [-0.2, -0.15) is 0 Å². The summed E-state index contributed by atoms with van der Waals surface area (Å²) in [6.07, 6.45) is 2.27. The van der Waals surface area contributed by atoms with Crippen molar-refractivity contribution < 1.29 is 9.47 Å². The first-order valence-corrected chi connectivity index (χ1v) is 8.70. The zero-order chi connectivity index (χ0) is 17.1. The second-order valence-electron chi connectivity index (χ2n) is 6.42. The Hall–Kier alpha value is -1.02. The highest BCUT2D eigenvalue weighted by atomic mass is 16.7. The van der Waals surface area contributed by atoms with E-state index in [1.807, 2.05) is 12.1 Å². The number of methoxy groups -OCH3 is 1. The second kappa shape index (κ2) is 11.5. The largest absolute Gasteiger partial charge is 0.465 e. The Balaban J connectivity index is 0.00000135. The highest BCUT2D eigenvalue weighted by Gasteiger charge is 2.15. The van der Waals surface area contributed by atoms with Crippen molar-refractivity contribution in [3.8, 4) is 5.75 Å². The topological polar surface area (TPSA) is 18.5 Å². The van der Waals surface area contributed by atoms with E-state index in [2.05, 4.69) is 60.6 Å². The fourth-order valence-electron chi connectivity index (χ4n) is 2.12. The molecule has 0 aliphatic carbocycles. The molecule has 0 bridgehead atoms. The van der Waals surface area contributed by atoms with Crippen LogP contribution < -0.4 is 4.74 Å². The zero-order valence-electron chi connectivity index (χ0n) is 15.8. The van der Waals surface area contributed by atoms with E-state index in [-0.39, 0.29) is 6.29 Å². The molecule has 0 radical (unpaired) electrons. The first kappa shape index (κ1) is 21.0. The lowest BCUT2D eigenvalue weighted by atomic mass is 9.87. The minimum absolute atomic E-state index is 0.183. The van der Waals surface area contributed by atoms with Crippen molar-refractivity contribution >= 4 is 0 Å². The van der Waals surface area contributed by atoms with E-state index in [4.69, 9.17) is 9.47 Å². The summed E-state index contributed by atoms with van der Waals surface area (Å²) in [5.74, 6) is 2.50. The molecule has 0 aliphatic heterocycles. The average molecular weight is 309 g/mol. The lowest BCUT2D eigenvalue weighted by molar-refractivity contribution is -0.0833. The van der Waals surface area contributed by atoms with Gasteiger partial charge in [-0.25, -0.2) is 0 Å². The molecule has 0 amide bonds. The summed E-state index contributed by atoms with van der Waals surface area (Å²) >= 11 is 0. The summed E-state index contributed by atoms with van der Waals surface area (Å²) in [6, 6.07) is 8.42. The summed E-state index contributed by atoms with van der Waals surface area (Å²) in [5.41, 5.74) is 1.38. The minimum Gasteiger partial charge on any atom is -0.465 e. The van der Waals surface area contributed by atoms with E-state index >= 15 is 0 Å². The molecule has 3 unspecified atom stereocenters. The Kier molecular flexibility index (Phi) is 11.0. The highest BCUT2D eigenvalue weighted by molar-refractivity contribution is 5.29. The van der Waals surface area contributed by atoms with Gasteiger partial charge >= 0.3 is 0 Å². The van der Waals surface area contributed by atoms with E-state index in [0.29, 0.717) is 17.8 Å². The van der Waals surface area contributed by atoms with Gasteiger partial charge < -0.3 is 9.47 Å². The predicted molar refractivity (Wildman–Crippen MR) is 96.5 cm³/mol. The SMILES string of the molecule is CCC.CCC(C)C(C)c1ccc(OC(OC)C(C)C)cc1. The van der Waals surface area contributed by atoms with Gasteiger partial charge in [0.05, 0.1) is 0 Å². The van der Waals surface area contributed by atoms with Crippen LogP contribution in [-0.2, 0) is 4.74 Å². The molecule has 3 atom stereocenters. The molecule has 0 aliphatic rings. The zero-order valence-corrected chi connectivity index (χ0v) is 15.8. The monoisotopic (exact) mass is 308 g/mol. The van der Waals surface area contributed by atoms with Gasteiger partial charge in [-0.1, -0.05) is 73.4 Å². The number of benzene rings is 1. The number of hydrogen-bond donors (Lipinski definition) is 0. The number of hydrogen-bond acceptors (Lipinski definition) is 2. The highest BCUT2D eigenvalue weighted by Crippen LogP contribution is 2.28. The summed E-state index contributed by atoms with van der Waals surface area (Å²) in [7, 11) is 1.68. The van der Waals surface area contributed by atoms with Crippen molar-refractivity contribution in [2.45, 2.75) is 73.5 Å². The van der Waals surface area contributed by atoms with Gasteiger partial charge in [0.2, 0.25) is 6.29 Å². The van der Waals surface area contributed by atoms with Gasteiger partial charge in [-0.05, 0) is 29.5 Å². The molecule has 128 valence electrons. The summed E-state index contributed by atoms with van der Waals surface area (Å²) in [5, 5.41) is 0. The van der Waals surface area contributed by atoms with E-state index in [0.717, 1.165) is 5.75 Å². The first-order valence-electron chi connectivity index (χ1n) is 8.70. The maximum absolute atomic E-state index is 5.82. The Morgan fingerprint density at radius 2 is 1.41 bits per heavy atom. The van der Waals surface area contributed by atoms with Gasteiger partial charge in [-0.3, -0.25) is 0 Å². The standard InChI is InChI=1S/C17H28O2.C3H8/c1-7-13(4)14(5)15-8-10-16(11-9-15)19-17(18-6)12(2)3;1-3-2/h8-14,17H,7H2,1-6H3;3H2,1-2H3. The Labute approximate surface area is 138 Å². The Morgan fingerprint density at radius 3 is 1.77 bits per heavy atom. The second-order valence-corrected chi connectivity index (χ2v) is 6.42. The van der Waals surface area contributed by atoms with Crippen LogP contribution in [0.25, 0.3) is 0 Å². The average Bonchev–Trinajstić information content (AvgIpc) is 2.52. The van der Waals surface area contributed by atoms with Gasteiger partial charge in [0.15, 0.2) is 0 Å². The molecule has 1 aromatic carbocycles. The van der Waals surface area contributed by atoms with Crippen LogP contribution in [0.5, 0.6) is 5.75 Å². The molecule has 1 aromatic rings. The van der Waals surface area contributed by atoms with Crippen LogP contribution >= 0.6 is 0 Å². The van der Waals surface area contributed by atoms with Crippen LogP contribution in [0, 0.1) is 11.8 Å². The van der Waals surface area contributed by atoms with Crippen LogP contribution in [-0.4, -0.2) is 13.4 Å². The molecule has 1 rings (SSSR count). The Bertz CT molecular complexity index is 370. The third-order valence-electron chi connectivity index (χ3n) is 3.93. The van der Waals surface area contributed by atoms with Crippen molar-refractivity contribution in [1.82, 2.24) is 0 Å². The summed E-state index contributed by atoms with van der Waals surface area (Å²) < 4.78 is 11.2. The van der Waals surface area contributed by atoms with Gasteiger partial charge in [0.1, 0.15) is 5.75 Å². The molecule has 0 spiro atoms. The smallest absolute Gasteiger partial charge is 0.201 e. The van der Waals surface area contributed by atoms with Crippen LogP contribution in [0.1, 0.15) is 72.8 Å². The van der Waals surface area contributed by atoms with Crippen molar-refractivity contribution in [1.29, 1.82) is 0 Å². The van der Waals surface area contributed by atoms with Crippen molar-refractivity contribution in [3.05, 3.63) is 29.8 Å². The quantitative estimate of drug-likeness (QED) is 0.553. The Morgan fingerprint density at radius 1 is 0.909 bits per heavy atom. The van der Waals surface area contributed by atoms with E-state index in [1.54, 1.807) is 7.11 Å². The molecule has 0 fully saturated rings. The van der Waals surface area contributed by atoms with Crippen molar-refractivity contribution in [2.24, 2.45) is 11.8 Å². The predicted octanol–water partition coefficient (Wildman–Crippen LogP) is 6.26. The van der Waals surface area contributed by atoms with Crippen LogP contribution in [0.2, 0.25) is 0 Å². The molecule has 0 aromatic heterocycles. The van der Waals surface area contributed by atoms with Gasteiger partial charge in [0, 0.05) is 13.0 Å². The van der Waals surface area contributed by atoms with E-state index in [9.17, 15) is 0 Å². The third kappa shape index (κ3) is 7.31. The fraction of sp³-hybridized carbons (Fsp3) is 0.700. The van der Waals surface area contributed by atoms with Gasteiger partial charge in [-0.15, -0.1) is 0 Å². The van der Waals surface area contributed by atoms with Crippen molar-refractivity contribution in [3.63, 3.8) is 0 Å². The third-order valence-corrected chi connectivity index (χ3v) is 3.93. The molecule has 0 heterocycles. The van der Waals surface area contributed by atoms with Gasteiger partial charge in [0.25, 0.3) is 0 Å². The molecule has 2 heteroatoms. The normalized spacial score (nSPS) is 14.8. The lowest BCUT2D eigenvalue weighted by Crippen LogP contribution is -2.24. The summed E-state index contributed by atoms with van der Waals surface area (Å²) in [6.45, 7) is 15.3. The van der Waals surface area contributed by atoms with Crippen LogP contribution in [0.4, 0.5) is 0 Å². The molecule has 0 saturated heterocycles. The molecule has 0 N–H and O–H groups in total. The molecular formula is C20H36O2. The number of ether oxygens (including phenoxy) is 2. The van der Waals surface area contributed by atoms with E-state index < -0.39 is 0 Å². The van der Waals surface area contributed by atoms with Crippen LogP contribution in [0.3, 0.4) is 0 Å². The minimum atomic E-state index is -0.183. The number of rotatable bonds is 7. The van der Waals surface area contributed by atoms with Crippen molar-refractivity contribution in [2.75, 3.05) is 7.11 Å². The first-order chi connectivity index (χ1) is 10.4. The molecule has 0 saturated carbocycles. The van der Waals surface area contributed by atoms with E-state index in [1.165, 1.54) is 18.4 Å². The van der Waals surface area contributed by atoms with Crippen LogP contribution in [0.15, 0.2) is 24.3 Å². The summed E-state index contributed by atoms with van der Waals surface area (Å²) in [4.78, 5) is 0.